The van der Waals surface area contributed by atoms with Crippen molar-refractivity contribution < 1.29 is 66.2 Å². The Morgan fingerprint density at radius 2 is 1.66 bits per heavy atom. The summed E-state index contributed by atoms with van der Waals surface area (Å²) in [5.41, 5.74) is 0.889. The highest BCUT2D eigenvalue weighted by molar-refractivity contribution is 7.79. The van der Waals surface area contributed by atoms with E-state index >= 15 is 0 Å². The van der Waals surface area contributed by atoms with Crippen LogP contribution < -0.4 is 0 Å². The molecule has 0 saturated carbocycles. The zero-order valence-electron chi connectivity index (χ0n) is 28.6. The van der Waals surface area contributed by atoms with Crippen molar-refractivity contribution in [3.8, 4) is 0 Å². The van der Waals surface area contributed by atoms with Gasteiger partial charge in [0.1, 0.15) is 30.5 Å². The zero-order valence-corrected chi connectivity index (χ0v) is 30.4. The van der Waals surface area contributed by atoms with E-state index in [9.17, 15) is 24.1 Å². The standard InChI is InChI=1S/C34H54O14S2/c1-15-9-17(5-4-8-35)41-22(16(15)2)12-23-27(28(40-3)24(43-23)11-19(14-36)48-49)34(50(38)39)20(37)10-18-6-7-21-29(42-18)32-33-31(44-21)30-25(45-33)13-26(46-30)47-32/h15,17-37,49H,2,4-14H2,1,3H3,(H,38,39)/p-1/t15-,17+,18-,19+,20?,21+,22-,23+,24-,25-,26+,27?,28+,29?,30?,31?,32+,33-,34?/m1/s1. The van der Waals surface area contributed by atoms with Crippen molar-refractivity contribution in [2.75, 3.05) is 20.3 Å². The van der Waals surface area contributed by atoms with Gasteiger partial charge in [0.25, 0.3) is 0 Å². The van der Waals surface area contributed by atoms with Gasteiger partial charge in [-0.15, -0.1) is 0 Å². The van der Waals surface area contributed by atoms with Crippen LogP contribution in [0.15, 0.2) is 12.2 Å². The minimum atomic E-state index is -2.74. The molecule has 0 aromatic carbocycles. The molecule has 0 spiro atoms. The number of aliphatic hydroxyl groups excluding tert-OH is 3. The van der Waals surface area contributed by atoms with Crippen LogP contribution in [0.1, 0.15) is 64.7 Å². The molecular formula is C34H53O14S2-. The summed E-state index contributed by atoms with van der Waals surface area (Å²) < 4.78 is 82.2. The van der Waals surface area contributed by atoms with Gasteiger partial charge in [0.2, 0.25) is 0 Å². The van der Waals surface area contributed by atoms with Crippen molar-refractivity contribution in [1.82, 2.24) is 0 Å². The predicted molar refractivity (Wildman–Crippen MR) is 178 cm³/mol. The monoisotopic (exact) mass is 749 g/mol. The lowest BCUT2D eigenvalue weighted by Crippen LogP contribution is -2.61. The second-order valence-corrected chi connectivity index (χ2v) is 16.4. The summed E-state index contributed by atoms with van der Waals surface area (Å²) in [5, 5.41) is 29.9. The molecule has 286 valence electrons. The lowest BCUT2D eigenvalue weighted by Gasteiger charge is -2.47. The minimum Gasteiger partial charge on any atom is -0.772 e. The Balaban J connectivity index is 1.09. The fraction of sp³-hybridized carbons (Fsp3) is 0.941. The first-order chi connectivity index (χ1) is 24.1. The maximum Gasteiger partial charge on any atom is 0.161 e. The molecule has 7 unspecified atom stereocenters. The van der Waals surface area contributed by atoms with Gasteiger partial charge in [-0.3, -0.25) is 4.21 Å². The quantitative estimate of drug-likeness (QED) is 0.0808. The van der Waals surface area contributed by atoms with Gasteiger partial charge in [0, 0.05) is 45.3 Å². The lowest BCUT2D eigenvalue weighted by atomic mass is 9.81. The van der Waals surface area contributed by atoms with Gasteiger partial charge in [-0.05, 0) is 67.6 Å². The molecule has 0 radical (unpaired) electrons. The Morgan fingerprint density at radius 3 is 2.38 bits per heavy atom. The SMILES string of the molecule is C=C1[C@H](C)C[C@H](CCCO)O[C@@H]1C[C@@H]1O[C@H](C[C@@H](CO)OS)[C@H](OC)C1C(C(O)C[C@H]1CC[C@@H]2OC3C4O[C@@H]5C[C@H]4O[C@H]3[C@@H](O5)C2O1)S(=O)[O-]. The van der Waals surface area contributed by atoms with E-state index in [1.807, 2.05) is 0 Å². The highest BCUT2D eigenvalue weighted by Gasteiger charge is 2.65. The van der Waals surface area contributed by atoms with Gasteiger partial charge < -0.3 is 62.0 Å². The first kappa shape index (κ1) is 38.0. The maximum absolute atomic E-state index is 13.2. The number of hydrogen-bond acceptors (Lipinski definition) is 15. The molecule has 8 saturated heterocycles. The molecular weight excluding hydrogens is 696 g/mol. The average molecular weight is 750 g/mol. The van der Waals surface area contributed by atoms with E-state index < -0.39 is 71.1 Å². The number of fused-ring (bicyclic) bond motifs is 1. The second-order valence-electron chi connectivity index (χ2n) is 15.2. The Kier molecular flexibility index (Phi) is 12.3. The fourth-order valence-electron chi connectivity index (χ4n) is 9.71. The summed E-state index contributed by atoms with van der Waals surface area (Å²) in [6.45, 7) is 6.15. The van der Waals surface area contributed by atoms with Gasteiger partial charge in [-0.2, -0.15) is 0 Å². The maximum atomic E-state index is 13.2. The Labute approximate surface area is 301 Å². The predicted octanol–water partition coefficient (Wildman–Crippen LogP) is 1.10. The van der Waals surface area contributed by atoms with Gasteiger partial charge in [-0.25, -0.2) is 0 Å². The molecule has 8 rings (SSSR count). The molecule has 8 fully saturated rings. The van der Waals surface area contributed by atoms with E-state index in [4.69, 9.17) is 42.1 Å². The first-order valence-corrected chi connectivity index (χ1v) is 19.7. The Hall–Kier alpha value is -0.280. The molecule has 20 atom stereocenters. The molecule has 14 nitrogen and oxygen atoms in total. The van der Waals surface area contributed by atoms with Crippen molar-refractivity contribution >= 4 is 24.0 Å². The molecule has 16 heteroatoms. The van der Waals surface area contributed by atoms with Gasteiger partial charge in [0.05, 0.1) is 72.9 Å². The van der Waals surface area contributed by atoms with Gasteiger partial charge in [-0.1, -0.05) is 13.5 Å². The molecule has 8 aliphatic rings. The van der Waals surface area contributed by atoms with E-state index in [1.54, 1.807) is 0 Å². The van der Waals surface area contributed by atoms with Crippen LogP contribution in [0, 0.1) is 11.8 Å². The van der Waals surface area contributed by atoms with Crippen LogP contribution in [-0.4, -0.2) is 148 Å². The molecule has 0 aliphatic carbocycles. The van der Waals surface area contributed by atoms with E-state index in [2.05, 4.69) is 26.4 Å². The van der Waals surface area contributed by atoms with Crippen LogP contribution in [0.2, 0.25) is 0 Å². The van der Waals surface area contributed by atoms with Crippen molar-refractivity contribution in [3.63, 3.8) is 0 Å². The molecule has 8 aliphatic heterocycles. The summed E-state index contributed by atoms with van der Waals surface area (Å²) in [5.74, 6) is -0.644. The molecule has 50 heavy (non-hydrogen) atoms. The average Bonchev–Trinajstić information content (AvgIpc) is 3.67. The molecule has 3 N–H and O–H groups in total. The van der Waals surface area contributed by atoms with Crippen molar-refractivity contribution in [2.24, 2.45) is 11.8 Å². The number of methoxy groups -OCH3 is 1. The largest absolute Gasteiger partial charge is 0.772 e. The van der Waals surface area contributed by atoms with Crippen LogP contribution in [0.4, 0.5) is 0 Å². The van der Waals surface area contributed by atoms with E-state index in [0.717, 1.165) is 12.0 Å². The summed E-state index contributed by atoms with van der Waals surface area (Å²) in [6.07, 6.45) is -2.69. The highest BCUT2D eigenvalue weighted by atomic mass is 32.2. The van der Waals surface area contributed by atoms with Crippen molar-refractivity contribution in [1.29, 1.82) is 0 Å². The molecule has 6 bridgehead atoms. The van der Waals surface area contributed by atoms with Crippen molar-refractivity contribution in [2.45, 2.75) is 168 Å². The number of aliphatic hydroxyl groups is 3. The lowest BCUT2D eigenvalue weighted by molar-refractivity contribution is -0.266. The van der Waals surface area contributed by atoms with Crippen LogP contribution >= 0.6 is 12.9 Å². The minimum absolute atomic E-state index is 0.0532. The van der Waals surface area contributed by atoms with E-state index in [-0.39, 0.29) is 81.0 Å². The van der Waals surface area contributed by atoms with Crippen LogP contribution in [0.25, 0.3) is 0 Å². The number of thiol groups is 1. The Morgan fingerprint density at radius 1 is 0.940 bits per heavy atom. The number of hydrogen-bond donors (Lipinski definition) is 4. The summed E-state index contributed by atoms with van der Waals surface area (Å²) in [7, 11) is 1.49. The van der Waals surface area contributed by atoms with Gasteiger partial charge in [0.15, 0.2) is 6.29 Å². The first-order valence-electron chi connectivity index (χ1n) is 18.2. The third kappa shape index (κ3) is 7.39. The second kappa shape index (κ2) is 16.2. The zero-order chi connectivity index (χ0) is 35.3. The topological polar surface area (TPSA) is 184 Å². The van der Waals surface area contributed by atoms with Crippen LogP contribution in [0.3, 0.4) is 0 Å². The molecule has 0 aromatic rings. The fourth-order valence-corrected chi connectivity index (χ4v) is 10.8. The summed E-state index contributed by atoms with van der Waals surface area (Å²) in [4.78, 5) is 0. The third-order valence-electron chi connectivity index (χ3n) is 12.1. The normalized spacial score (nSPS) is 47.5. The molecule has 0 amide bonds. The van der Waals surface area contributed by atoms with Gasteiger partial charge >= 0.3 is 0 Å². The number of rotatable bonds is 15. The summed E-state index contributed by atoms with van der Waals surface area (Å²) in [6, 6.07) is 0. The van der Waals surface area contributed by atoms with Crippen LogP contribution in [0.5, 0.6) is 0 Å². The van der Waals surface area contributed by atoms with Crippen LogP contribution in [-0.2, 0) is 53.2 Å². The molecule has 0 aromatic heterocycles. The Bertz CT molecular complexity index is 1190. The van der Waals surface area contributed by atoms with E-state index in [0.29, 0.717) is 38.5 Å². The highest BCUT2D eigenvalue weighted by Crippen LogP contribution is 2.49. The molecule has 8 heterocycles. The van der Waals surface area contributed by atoms with E-state index in [1.165, 1.54) is 7.11 Å². The summed E-state index contributed by atoms with van der Waals surface area (Å²) >= 11 is 1.17. The smallest absolute Gasteiger partial charge is 0.161 e. The van der Waals surface area contributed by atoms with Crippen molar-refractivity contribution in [3.05, 3.63) is 12.2 Å². The number of ether oxygens (including phenoxy) is 8. The third-order valence-corrected chi connectivity index (χ3v) is 13.5.